The van der Waals surface area contributed by atoms with E-state index in [2.05, 4.69) is 210 Å². The van der Waals surface area contributed by atoms with E-state index < -0.39 is 0 Å². The molecule has 9 rings (SSSR count). The van der Waals surface area contributed by atoms with Gasteiger partial charge in [0.1, 0.15) is 17.0 Å². The maximum Gasteiger partial charge on any atom is 0.149 e. The number of hydrogen-bond donors (Lipinski definition) is 0. The average molecular weight is 789 g/mol. The van der Waals surface area contributed by atoms with Crippen LogP contribution in [0.2, 0.25) is 0 Å². The fourth-order valence-electron chi connectivity index (χ4n) is 9.07. The second-order valence-electron chi connectivity index (χ2n) is 21.0. The zero-order valence-corrected chi connectivity index (χ0v) is 37.9. The van der Waals surface area contributed by atoms with Crippen molar-refractivity contribution in [1.29, 1.82) is 0 Å². The molecule has 0 atom stereocenters. The molecule has 3 heteroatoms. The molecule has 0 radical (unpaired) electrons. The Labute approximate surface area is 356 Å². The molecular formula is C57H60N2O. The largest absolute Gasteiger partial charge is 0.455 e. The van der Waals surface area contributed by atoms with Gasteiger partial charge in [0.2, 0.25) is 0 Å². The number of para-hydroxylation sites is 1. The Morgan fingerprint density at radius 3 is 1.73 bits per heavy atom. The molecule has 0 unspecified atom stereocenters. The molecule has 60 heavy (non-hydrogen) atoms. The molecule has 0 spiro atoms. The van der Waals surface area contributed by atoms with Crippen LogP contribution in [-0.4, -0.2) is 9.55 Å². The summed E-state index contributed by atoms with van der Waals surface area (Å²) in [6, 6.07) is 43.3. The number of rotatable bonds is 5. The summed E-state index contributed by atoms with van der Waals surface area (Å²) < 4.78 is 9.50. The first-order chi connectivity index (χ1) is 28.3. The molecule has 0 amide bonds. The van der Waals surface area contributed by atoms with Gasteiger partial charge in [-0.2, -0.15) is 0 Å². The molecule has 0 saturated carbocycles. The van der Waals surface area contributed by atoms with Gasteiger partial charge in [0, 0.05) is 10.8 Å². The van der Waals surface area contributed by atoms with Crippen molar-refractivity contribution in [3.8, 4) is 28.2 Å². The van der Waals surface area contributed by atoms with E-state index in [1.807, 2.05) is 0 Å². The molecular weight excluding hydrogens is 729 g/mol. The van der Waals surface area contributed by atoms with Gasteiger partial charge in [-0.1, -0.05) is 163 Å². The normalized spacial score (nSPS) is 13.1. The molecule has 0 fully saturated rings. The summed E-state index contributed by atoms with van der Waals surface area (Å²) in [5.74, 6) is 1.38. The Kier molecular flexibility index (Phi) is 9.24. The van der Waals surface area contributed by atoms with Crippen molar-refractivity contribution in [2.75, 3.05) is 0 Å². The fraction of sp³-hybridized carbons (Fsp3) is 0.316. The van der Waals surface area contributed by atoms with Crippen LogP contribution < -0.4 is 0 Å². The molecule has 7 aromatic carbocycles. The van der Waals surface area contributed by atoms with Gasteiger partial charge in [0.15, 0.2) is 0 Å². The average Bonchev–Trinajstić information content (AvgIpc) is 3.76. The summed E-state index contributed by atoms with van der Waals surface area (Å²) >= 11 is 0. The molecule has 2 aromatic heterocycles. The van der Waals surface area contributed by atoms with Crippen molar-refractivity contribution in [3.05, 3.63) is 143 Å². The molecule has 3 nitrogen and oxygen atoms in total. The Balaban J connectivity index is 1.36. The van der Waals surface area contributed by atoms with E-state index in [1.165, 1.54) is 66.2 Å². The van der Waals surface area contributed by atoms with Gasteiger partial charge in [0.05, 0.1) is 22.3 Å². The first kappa shape index (κ1) is 39.8. The second-order valence-corrected chi connectivity index (χ2v) is 21.0. The van der Waals surface area contributed by atoms with Gasteiger partial charge in [-0.3, -0.25) is 4.57 Å². The van der Waals surface area contributed by atoms with Crippen LogP contribution in [-0.2, 0) is 16.2 Å². The summed E-state index contributed by atoms with van der Waals surface area (Å²) in [5, 5.41) is 7.10. The quantitative estimate of drug-likeness (QED) is 0.163. The Bertz CT molecular complexity index is 3080. The van der Waals surface area contributed by atoms with Crippen LogP contribution >= 0.6 is 0 Å². The number of nitrogens with zero attached hydrogens (tertiary/aromatic N) is 2. The Hall–Kier alpha value is -5.67. The highest BCUT2D eigenvalue weighted by Crippen LogP contribution is 2.45. The van der Waals surface area contributed by atoms with Crippen LogP contribution in [0, 0.1) is 0 Å². The van der Waals surface area contributed by atoms with E-state index in [-0.39, 0.29) is 28.1 Å². The van der Waals surface area contributed by atoms with E-state index in [1.54, 1.807) is 0 Å². The van der Waals surface area contributed by atoms with Crippen LogP contribution in [0.15, 0.2) is 120 Å². The summed E-state index contributed by atoms with van der Waals surface area (Å²) in [5.41, 5.74) is 15.2. The van der Waals surface area contributed by atoms with Crippen molar-refractivity contribution < 1.29 is 4.42 Å². The van der Waals surface area contributed by atoms with Gasteiger partial charge in [-0.05, 0) is 131 Å². The number of fused-ring (bicyclic) bond motifs is 7. The molecule has 2 heterocycles. The predicted molar refractivity (Wildman–Crippen MR) is 259 cm³/mol. The molecule has 0 N–H and O–H groups in total. The monoisotopic (exact) mass is 788 g/mol. The van der Waals surface area contributed by atoms with Crippen molar-refractivity contribution in [2.45, 2.75) is 118 Å². The van der Waals surface area contributed by atoms with Crippen LogP contribution in [0.3, 0.4) is 0 Å². The zero-order chi connectivity index (χ0) is 42.6. The predicted octanol–water partition coefficient (Wildman–Crippen LogP) is 16.7. The lowest BCUT2D eigenvalue weighted by Crippen LogP contribution is -2.16. The van der Waals surface area contributed by atoms with Gasteiger partial charge in [0.25, 0.3) is 0 Å². The van der Waals surface area contributed by atoms with Gasteiger partial charge in [-0.25, -0.2) is 4.98 Å². The highest BCUT2D eigenvalue weighted by atomic mass is 16.3. The molecule has 0 aliphatic carbocycles. The van der Waals surface area contributed by atoms with E-state index in [9.17, 15) is 0 Å². The molecule has 0 aliphatic heterocycles. The van der Waals surface area contributed by atoms with Crippen molar-refractivity contribution in [1.82, 2.24) is 9.55 Å². The number of benzene rings is 7. The first-order valence-corrected chi connectivity index (χ1v) is 21.9. The lowest BCUT2D eigenvalue weighted by Gasteiger charge is -2.28. The molecule has 0 aliphatic rings. The number of aromatic nitrogens is 2. The molecule has 304 valence electrons. The third kappa shape index (κ3) is 6.71. The summed E-state index contributed by atoms with van der Waals surface area (Å²) in [6.45, 7) is 30.2. The van der Waals surface area contributed by atoms with E-state index in [4.69, 9.17) is 9.40 Å². The van der Waals surface area contributed by atoms with Crippen LogP contribution in [0.5, 0.6) is 0 Å². The SMILES string of the molecule is CC(C)c1cc(-c2cc(C(C)(C)C)cc(C(C)(C)C)c2)cc(C(C)C)c1-n1c(-c2cccc3c2oc2cc4c(ccc5ccccc54)cc23)nc2ccc(C(C)(C)C)cc21. The maximum absolute atomic E-state index is 7.02. The van der Waals surface area contributed by atoms with Crippen LogP contribution in [0.1, 0.15) is 130 Å². The van der Waals surface area contributed by atoms with Gasteiger partial charge >= 0.3 is 0 Å². The summed E-state index contributed by atoms with van der Waals surface area (Å²) in [6.07, 6.45) is 0. The Morgan fingerprint density at radius 2 is 1.10 bits per heavy atom. The maximum atomic E-state index is 7.02. The minimum Gasteiger partial charge on any atom is -0.455 e. The zero-order valence-electron chi connectivity index (χ0n) is 37.9. The summed E-state index contributed by atoms with van der Waals surface area (Å²) in [7, 11) is 0. The lowest BCUT2D eigenvalue weighted by atomic mass is 9.78. The first-order valence-electron chi connectivity index (χ1n) is 21.9. The lowest BCUT2D eigenvalue weighted by molar-refractivity contribution is 0.569. The molecule has 0 bridgehead atoms. The number of hydrogen-bond acceptors (Lipinski definition) is 2. The highest BCUT2D eigenvalue weighted by Gasteiger charge is 2.28. The third-order valence-corrected chi connectivity index (χ3v) is 12.8. The minimum absolute atomic E-state index is 0.0191. The fourth-order valence-corrected chi connectivity index (χ4v) is 9.07. The van der Waals surface area contributed by atoms with E-state index >= 15 is 0 Å². The second kappa shape index (κ2) is 13.9. The van der Waals surface area contributed by atoms with Crippen LogP contribution in [0.25, 0.3) is 82.7 Å². The Morgan fingerprint density at radius 1 is 0.500 bits per heavy atom. The van der Waals surface area contributed by atoms with E-state index in [0.29, 0.717) is 0 Å². The van der Waals surface area contributed by atoms with Crippen molar-refractivity contribution in [2.24, 2.45) is 0 Å². The topological polar surface area (TPSA) is 31.0 Å². The molecule has 9 aromatic rings. The minimum atomic E-state index is -0.0389. The van der Waals surface area contributed by atoms with Crippen molar-refractivity contribution in [3.63, 3.8) is 0 Å². The van der Waals surface area contributed by atoms with Gasteiger partial charge in [-0.15, -0.1) is 0 Å². The van der Waals surface area contributed by atoms with Crippen LogP contribution in [0.4, 0.5) is 0 Å². The highest BCUT2D eigenvalue weighted by molar-refractivity contribution is 6.17. The molecule has 0 saturated heterocycles. The van der Waals surface area contributed by atoms with Crippen molar-refractivity contribution >= 4 is 54.5 Å². The standard InChI is InChI=1S/C57H60N2O/c1-33(2)45-28-38(37-25-40(56(8,9)10)30-41(26-37)57(11,12)13)29-46(34(3)4)52(45)59-50-31-39(55(5,6)7)23-24-49(50)58-54(59)44-20-16-19-43-48-27-36-22-21-35-17-14-15-18-42(35)47(36)32-51(48)60-53(43)44/h14-34H,1-13H3. The third-order valence-electron chi connectivity index (χ3n) is 12.8. The summed E-state index contributed by atoms with van der Waals surface area (Å²) in [4.78, 5) is 5.56. The van der Waals surface area contributed by atoms with E-state index in [0.717, 1.165) is 44.4 Å². The number of imidazole rings is 1. The smallest absolute Gasteiger partial charge is 0.149 e. The number of furan rings is 1. The van der Waals surface area contributed by atoms with Gasteiger partial charge < -0.3 is 4.42 Å².